The number of nitrogens with two attached hydrogens (primary N) is 1. The summed E-state index contributed by atoms with van der Waals surface area (Å²) in [5.74, 6) is -4.85. The monoisotopic (exact) mass is 594 g/mol. The number of phenols is 1. The van der Waals surface area contributed by atoms with Crippen molar-refractivity contribution < 1.29 is 39.3 Å². The Kier molecular flexibility index (Phi) is 11.8. The third-order valence-electron chi connectivity index (χ3n) is 6.52. The van der Waals surface area contributed by atoms with Gasteiger partial charge in [0.25, 0.3) is 0 Å². The van der Waals surface area contributed by atoms with E-state index in [-0.39, 0.29) is 31.4 Å². The van der Waals surface area contributed by atoms with E-state index in [1.54, 1.807) is 42.5 Å². The van der Waals surface area contributed by atoms with Crippen LogP contribution in [-0.4, -0.2) is 79.1 Å². The molecule has 14 heteroatoms. The van der Waals surface area contributed by atoms with Crippen LogP contribution in [0.15, 0.2) is 67.1 Å². The number of aromatic nitrogens is 2. The first kappa shape index (κ1) is 32.3. The Morgan fingerprint density at radius 2 is 1.37 bits per heavy atom. The molecule has 0 fully saturated rings. The highest BCUT2D eigenvalue weighted by molar-refractivity contribution is 5.94. The van der Waals surface area contributed by atoms with Crippen LogP contribution in [0, 0.1) is 0 Å². The number of hydrogen-bond acceptors (Lipinski definition) is 8. The van der Waals surface area contributed by atoms with Crippen LogP contribution in [0.25, 0.3) is 0 Å². The summed E-state index contributed by atoms with van der Waals surface area (Å²) < 4.78 is 0. The average Bonchev–Trinajstić information content (AvgIpc) is 3.49. The van der Waals surface area contributed by atoms with E-state index in [9.17, 15) is 39.3 Å². The normalized spacial score (nSPS) is 13.6. The van der Waals surface area contributed by atoms with Gasteiger partial charge in [0.05, 0.1) is 12.4 Å². The van der Waals surface area contributed by atoms with E-state index in [2.05, 4.69) is 25.9 Å². The van der Waals surface area contributed by atoms with E-state index in [1.807, 2.05) is 0 Å². The van der Waals surface area contributed by atoms with Crippen molar-refractivity contribution in [1.82, 2.24) is 25.9 Å². The molecule has 3 aromatic rings. The lowest BCUT2D eigenvalue weighted by atomic mass is 10.0. The first-order chi connectivity index (χ1) is 20.5. The van der Waals surface area contributed by atoms with Gasteiger partial charge in [-0.1, -0.05) is 42.5 Å². The molecule has 0 aliphatic heterocycles. The van der Waals surface area contributed by atoms with Crippen LogP contribution < -0.4 is 21.7 Å². The molecule has 9 N–H and O–H groups in total. The number of aliphatic carboxylic acids is 2. The molecule has 0 saturated carbocycles. The molecule has 0 spiro atoms. The van der Waals surface area contributed by atoms with Gasteiger partial charge in [-0.15, -0.1) is 0 Å². The van der Waals surface area contributed by atoms with Crippen molar-refractivity contribution >= 4 is 29.7 Å². The number of carboxylic acid groups (broad SMARTS) is 2. The van der Waals surface area contributed by atoms with Gasteiger partial charge >= 0.3 is 11.9 Å². The number of carboxylic acids is 2. The second kappa shape index (κ2) is 15.7. The predicted molar refractivity (Wildman–Crippen MR) is 153 cm³/mol. The highest BCUT2D eigenvalue weighted by Gasteiger charge is 2.31. The maximum Gasteiger partial charge on any atom is 0.326 e. The van der Waals surface area contributed by atoms with Crippen molar-refractivity contribution in [3.8, 4) is 5.75 Å². The maximum atomic E-state index is 13.4. The Labute approximate surface area is 246 Å². The lowest BCUT2D eigenvalue weighted by Crippen LogP contribution is -2.58. The minimum absolute atomic E-state index is 0.0111. The quantitative estimate of drug-likeness (QED) is 0.109. The van der Waals surface area contributed by atoms with Gasteiger partial charge in [0.2, 0.25) is 17.7 Å². The van der Waals surface area contributed by atoms with E-state index in [4.69, 9.17) is 5.73 Å². The van der Waals surface area contributed by atoms with Gasteiger partial charge in [0, 0.05) is 31.2 Å². The lowest BCUT2D eigenvalue weighted by Gasteiger charge is -2.25. The first-order valence-corrected chi connectivity index (χ1v) is 13.4. The van der Waals surface area contributed by atoms with Crippen LogP contribution in [-0.2, 0) is 43.2 Å². The highest BCUT2D eigenvalue weighted by Crippen LogP contribution is 2.12. The SMILES string of the molecule is NC(Cc1ccc(O)cc1)C(=O)NC(CCC(=O)O)C(=O)NC(Cc1cnc[nH]1)C(=O)NC(Cc1ccccc1)C(=O)O. The summed E-state index contributed by atoms with van der Waals surface area (Å²) in [6.07, 6.45) is 1.98. The number of aromatic amines is 1. The zero-order valence-electron chi connectivity index (χ0n) is 23.1. The molecule has 4 atom stereocenters. The van der Waals surface area contributed by atoms with Crippen LogP contribution in [0.2, 0.25) is 0 Å². The molecule has 14 nitrogen and oxygen atoms in total. The summed E-state index contributed by atoms with van der Waals surface area (Å²) in [7, 11) is 0. The largest absolute Gasteiger partial charge is 0.508 e. The summed E-state index contributed by atoms with van der Waals surface area (Å²) >= 11 is 0. The van der Waals surface area contributed by atoms with Gasteiger partial charge in [0.15, 0.2) is 0 Å². The molecule has 0 radical (unpaired) electrons. The second-order valence-corrected chi connectivity index (χ2v) is 9.90. The number of phenolic OH excluding ortho intramolecular Hbond substituents is 1. The zero-order valence-corrected chi connectivity index (χ0v) is 23.1. The fourth-order valence-electron chi connectivity index (χ4n) is 4.21. The van der Waals surface area contributed by atoms with Crippen LogP contribution in [0.5, 0.6) is 5.75 Å². The summed E-state index contributed by atoms with van der Waals surface area (Å²) in [6.45, 7) is 0. The van der Waals surface area contributed by atoms with Crippen LogP contribution in [0.4, 0.5) is 0 Å². The fraction of sp³-hybridized carbons (Fsp3) is 0.310. The fourth-order valence-corrected chi connectivity index (χ4v) is 4.21. The van der Waals surface area contributed by atoms with Gasteiger partial charge in [0.1, 0.15) is 23.9 Å². The molecule has 228 valence electrons. The van der Waals surface area contributed by atoms with Crippen molar-refractivity contribution in [3.63, 3.8) is 0 Å². The number of amides is 3. The van der Waals surface area contributed by atoms with Crippen molar-refractivity contribution in [1.29, 1.82) is 0 Å². The van der Waals surface area contributed by atoms with Gasteiger partial charge in [-0.05, 0) is 36.1 Å². The van der Waals surface area contributed by atoms with Crippen molar-refractivity contribution in [2.45, 2.75) is 56.3 Å². The number of nitrogens with one attached hydrogen (secondary N) is 4. The first-order valence-electron chi connectivity index (χ1n) is 13.4. The van der Waals surface area contributed by atoms with E-state index in [0.717, 1.165) is 0 Å². The Morgan fingerprint density at radius 1 is 0.767 bits per heavy atom. The topological polar surface area (TPSA) is 237 Å². The molecule has 0 bridgehead atoms. The van der Waals surface area contributed by atoms with Gasteiger partial charge in [-0.2, -0.15) is 0 Å². The number of benzene rings is 2. The average molecular weight is 595 g/mol. The summed E-state index contributed by atoms with van der Waals surface area (Å²) in [4.78, 5) is 69.5. The van der Waals surface area contributed by atoms with Gasteiger partial charge < -0.3 is 42.0 Å². The number of hydrogen-bond donors (Lipinski definition) is 8. The lowest BCUT2D eigenvalue weighted by molar-refractivity contribution is -0.142. The van der Waals surface area contributed by atoms with Gasteiger partial charge in [-0.3, -0.25) is 19.2 Å². The second-order valence-electron chi connectivity index (χ2n) is 9.90. The molecule has 2 aromatic carbocycles. The zero-order chi connectivity index (χ0) is 31.4. The molecule has 0 aliphatic carbocycles. The Bertz CT molecular complexity index is 1380. The van der Waals surface area contributed by atoms with Crippen molar-refractivity contribution in [2.75, 3.05) is 0 Å². The van der Waals surface area contributed by atoms with E-state index >= 15 is 0 Å². The number of aromatic hydroxyl groups is 1. The molecule has 3 amide bonds. The number of H-pyrrole nitrogens is 1. The molecule has 3 rings (SSSR count). The van der Waals surface area contributed by atoms with Crippen LogP contribution in [0.1, 0.15) is 29.7 Å². The smallest absolute Gasteiger partial charge is 0.326 e. The number of carbonyl (C=O) groups is 5. The van der Waals surface area contributed by atoms with Crippen LogP contribution >= 0.6 is 0 Å². The van der Waals surface area contributed by atoms with Crippen molar-refractivity contribution in [3.05, 3.63) is 83.9 Å². The van der Waals surface area contributed by atoms with E-state index < -0.39 is 60.2 Å². The third kappa shape index (κ3) is 10.6. The molecule has 1 aromatic heterocycles. The predicted octanol–water partition coefficient (Wildman–Crippen LogP) is -0.126. The molecular formula is C29H34N6O8. The summed E-state index contributed by atoms with van der Waals surface area (Å²) in [5, 5.41) is 35.8. The van der Waals surface area contributed by atoms with Crippen LogP contribution in [0.3, 0.4) is 0 Å². The Balaban J connectivity index is 1.75. The molecular weight excluding hydrogens is 560 g/mol. The molecule has 4 unspecified atom stereocenters. The molecule has 1 heterocycles. The van der Waals surface area contributed by atoms with Gasteiger partial charge in [-0.25, -0.2) is 9.78 Å². The highest BCUT2D eigenvalue weighted by atomic mass is 16.4. The maximum absolute atomic E-state index is 13.4. The molecule has 43 heavy (non-hydrogen) atoms. The van der Waals surface area contributed by atoms with Crippen molar-refractivity contribution in [2.24, 2.45) is 5.73 Å². The molecule has 0 saturated heterocycles. The standard InChI is InChI=1S/C29H34N6O8/c30-21(12-18-6-8-20(36)9-7-18)26(39)33-22(10-11-25(37)38)27(40)34-23(14-19-15-31-16-32-19)28(41)35-24(29(42)43)13-17-4-2-1-3-5-17/h1-9,15-16,21-24,36H,10-14,30H2,(H,31,32)(H,33,39)(H,34,40)(H,35,41)(H,37,38)(H,42,43). The Hall–Kier alpha value is -5.24. The Morgan fingerprint density at radius 3 is 1.98 bits per heavy atom. The van der Waals surface area contributed by atoms with E-state index in [0.29, 0.717) is 16.8 Å². The minimum Gasteiger partial charge on any atom is -0.508 e. The molecule has 0 aliphatic rings. The number of carbonyl (C=O) groups excluding carboxylic acids is 3. The number of rotatable bonds is 16. The third-order valence-corrected chi connectivity index (χ3v) is 6.52. The number of nitrogens with zero attached hydrogens (tertiary/aromatic N) is 1. The summed E-state index contributed by atoms with van der Waals surface area (Å²) in [5.41, 5.74) is 7.80. The summed E-state index contributed by atoms with van der Waals surface area (Å²) in [6, 6.07) is 9.61. The van der Waals surface area contributed by atoms with E-state index in [1.165, 1.54) is 24.7 Å². The minimum atomic E-state index is -1.37. The number of imidazole rings is 1.